The molecule has 4 heteroatoms. The zero-order valence-electron chi connectivity index (χ0n) is 8.58. The van der Waals surface area contributed by atoms with E-state index >= 15 is 0 Å². The second-order valence-electron chi connectivity index (χ2n) is 4.31. The Morgan fingerprint density at radius 2 is 1.73 bits per heavy atom. The lowest BCUT2D eigenvalue weighted by Gasteiger charge is -2.21. The summed E-state index contributed by atoms with van der Waals surface area (Å²) in [6.45, 7) is 3.84. The highest BCUT2D eigenvalue weighted by atomic mass is 79.9. The average Bonchev–Trinajstić information content (AvgIpc) is 2.19. The molecule has 0 N–H and O–H groups in total. The second kappa shape index (κ2) is 4.56. The van der Waals surface area contributed by atoms with Crippen molar-refractivity contribution in [2.45, 2.75) is 20.3 Å². The van der Waals surface area contributed by atoms with Crippen molar-refractivity contribution in [2.24, 2.45) is 5.41 Å². The Hall–Kier alpha value is -0.510. The maximum Gasteiger partial charge on any atom is 0.194 e. The summed E-state index contributed by atoms with van der Waals surface area (Å²) in [7, 11) is 0. The SMILES string of the molecule is CC(C)(CBr)Cc1ccc(F)c(F)c1F. The van der Waals surface area contributed by atoms with Crippen molar-refractivity contribution in [1.82, 2.24) is 0 Å². The Bertz CT molecular complexity index is 361. The summed E-state index contributed by atoms with van der Waals surface area (Å²) in [5, 5.41) is 0.665. The van der Waals surface area contributed by atoms with Gasteiger partial charge in [0.1, 0.15) is 0 Å². The van der Waals surface area contributed by atoms with Crippen LogP contribution in [0.5, 0.6) is 0 Å². The Balaban J connectivity index is 3.02. The van der Waals surface area contributed by atoms with Crippen LogP contribution in [0.25, 0.3) is 0 Å². The largest absolute Gasteiger partial charge is 0.204 e. The van der Waals surface area contributed by atoms with Gasteiger partial charge in [0.2, 0.25) is 0 Å². The standard InChI is InChI=1S/C11H12BrF3/c1-11(2,6-12)5-7-3-4-8(13)10(15)9(7)14/h3-4H,5-6H2,1-2H3. The fourth-order valence-corrected chi connectivity index (χ4v) is 1.46. The van der Waals surface area contributed by atoms with Gasteiger partial charge in [0.25, 0.3) is 0 Å². The summed E-state index contributed by atoms with van der Waals surface area (Å²) in [6.07, 6.45) is 0.362. The highest BCUT2D eigenvalue weighted by Crippen LogP contribution is 2.26. The van der Waals surface area contributed by atoms with Crippen LogP contribution in [0.1, 0.15) is 19.4 Å². The van der Waals surface area contributed by atoms with Gasteiger partial charge in [0, 0.05) is 5.33 Å². The van der Waals surface area contributed by atoms with Crippen molar-refractivity contribution in [2.75, 3.05) is 5.33 Å². The first kappa shape index (κ1) is 12.6. The molecule has 0 saturated heterocycles. The van der Waals surface area contributed by atoms with Gasteiger partial charge in [-0.05, 0) is 23.5 Å². The zero-order chi connectivity index (χ0) is 11.6. The first-order chi connectivity index (χ1) is 6.87. The molecule has 0 aromatic heterocycles. The first-order valence-electron chi connectivity index (χ1n) is 4.56. The van der Waals surface area contributed by atoms with Crippen molar-refractivity contribution >= 4 is 15.9 Å². The van der Waals surface area contributed by atoms with Crippen LogP contribution in [0.4, 0.5) is 13.2 Å². The normalized spacial score (nSPS) is 11.9. The lowest BCUT2D eigenvalue weighted by Crippen LogP contribution is -2.18. The van der Waals surface area contributed by atoms with Gasteiger partial charge in [-0.1, -0.05) is 35.8 Å². The highest BCUT2D eigenvalue weighted by molar-refractivity contribution is 9.09. The molecule has 0 atom stereocenters. The molecular formula is C11H12BrF3. The minimum atomic E-state index is -1.39. The molecule has 1 aromatic rings. The number of alkyl halides is 1. The molecular weight excluding hydrogens is 269 g/mol. The van der Waals surface area contributed by atoms with Crippen LogP contribution in [-0.2, 0) is 6.42 Å². The fourth-order valence-electron chi connectivity index (χ4n) is 1.27. The van der Waals surface area contributed by atoms with Crippen LogP contribution in [0.15, 0.2) is 12.1 Å². The summed E-state index contributed by atoms with van der Waals surface area (Å²) in [4.78, 5) is 0. The van der Waals surface area contributed by atoms with Crippen LogP contribution < -0.4 is 0 Å². The van der Waals surface area contributed by atoms with Gasteiger partial charge >= 0.3 is 0 Å². The molecule has 0 fully saturated rings. The molecule has 0 spiro atoms. The van der Waals surface area contributed by atoms with Crippen LogP contribution in [0, 0.1) is 22.9 Å². The van der Waals surface area contributed by atoms with Crippen LogP contribution in [0.3, 0.4) is 0 Å². The highest BCUT2D eigenvalue weighted by Gasteiger charge is 2.21. The molecule has 84 valence electrons. The zero-order valence-corrected chi connectivity index (χ0v) is 10.2. The van der Waals surface area contributed by atoms with Crippen molar-refractivity contribution in [3.8, 4) is 0 Å². The Labute approximate surface area is 95.6 Å². The molecule has 0 saturated carbocycles. The van der Waals surface area contributed by atoms with Gasteiger partial charge in [-0.25, -0.2) is 13.2 Å². The Morgan fingerprint density at radius 1 is 1.13 bits per heavy atom. The maximum absolute atomic E-state index is 13.3. The number of rotatable bonds is 3. The molecule has 0 aliphatic carbocycles. The van der Waals surface area contributed by atoms with E-state index in [4.69, 9.17) is 0 Å². The third kappa shape index (κ3) is 2.97. The van der Waals surface area contributed by atoms with Crippen LogP contribution in [0.2, 0.25) is 0 Å². The number of halogens is 4. The lowest BCUT2D eigenvalue weighted by atomic mass is 9.88. The van der Waals surface area contributed by atoms with E-state index in [9.17, 15) is 13.2 Å². The third-order valence-corrected chi connectivity index (χ3v) is 3.66. The summed E-state index contributed by atoms with van der Waals surface area (Å²) < 4.78 is 38.9. The van der Waals surface area contributed by atoms with Crippen molar-refractivity contribution in [1.29, 1.82) is 0 Å². The van der Waals surface area contributed by atoms with Gasteiger partial charge < -0.3 is 0 Å². The molecule has 0 radical (unpaired) electrons. The van der Waals surface area contributed by atoms with E-state index in [-0.39, 0.29) is 11.0 Å². The summed E-state index contributed by atoms with van der Waals surface area (Å²) in [6, 6.07) is 2.25. The van der Waals surface area contributed by atoms with Gasteiger partial charge in [0.05, 0.1) is 0 Å². The monoisotopic (exact) mass is 280 g/mol. The quantitative estimate of drug-likeness (QED) is 0.578. The van der Waals surface area contributed by atoms with Crippen molar-refractivity contribution < 1.29 is 13.2 Å². The summed E-state index contributed by atoms with van der Waals surface area (Å²) in [5.74, 6) is -3.62. The second-order valence-corrected chi connectivity index (χ2v) is 4.87. The molecule has 0 heterocycles. The van der Waals surface area contributed by atoms with E-state index in [1.54, 1.807) is 0 Å². The molecule has 0 aliphatic heterocycles. The van der Waals surface area contributed by atoms with Crippen molar-refractivity contribution in [3.05, 3.63) is 35.1 Å². The lowest BCUT2D eigenvalue weighted by molar-refractivity contribution is 0.396. The van der Waals surface area contributed by atoms with Crippen LogP contribution in [-0.4, -0.2) is 5.33 Å². The van der Waals surface area contributed by atoms with Gasteiger partial charge in [-0.15, -0.1) is 0 Å². The first-order valence-corrected chi connectivity index (χ1v) is 5.68. The van der Waals surface area contributed by atoms with E-state index in [2.05, 4.69) is 15.9 Å². The van der Waals surface area contributed by atoms with Gasteiger partial charge in [-0.2, -0.15) is 0 Å². The Kier molecular flexibility index (Phi) is 3.82. The molecule has 0 unspecified atom stereocenters. The number of benzene rings is 1. The topological polar surface area (TPSA) is 0 Å². The smallest absolute Gasteiger partial charge is 0.194 e. The van der Waals surface area contributed by atoms with E-state index in [0.717, 1.165) is 6.07 Å². The maximum atomic E-state index is 13.3. The molecule has 0 amide bonds. The average molecular weight is 281 g/mol. The predicted octanol–water partition coefficient (Wildman–Crippen LogP) is 4.07. The predicted molar refractivity (Wildman–Crippen MR) is 57.6 cm³/mol. The molecule has 15 heavy (non-hydrogen) atoms. The molecule has 1 rings (SSSR count). The summed E-state index contributed by atoms with van der Waals surface area (Å²) >= 11 is 3.30. The van der Waals surface area contributed by atoms with Gasteiger partial charge in [-0.3, -0.25) is 0 Å². The Morgan fingerprint density at radius 3 is 2.27 bits per heavy atom. The van der Waals surface area contributed by atoms with Crippen molar-refractivity contribution in [3.63, 3.8) is 0 Å². The van der Waals surface area contributed by atoms with Crippen LogP contribution >= 0.6 is 15.9 Å². The molecule has 1 aromatic carbocycles. The number of hydrogen-bond acceptors (Lipinski definition) is 0. The molecule has 0 bridgehead atoms. The minimum absolute atomic E-state index is 0.189. The number of hydrogen-bond donors (Lipinski definition) is 0. The van der Waals surface area contributed by atoms with E-state index in [1.165, 1.54) is 6.07 Å². The fraction of sp³-hybridized carbons (Fsp3) is 0.455. The van der Waals surface area contributed by atoms with Gasteiger partial charge in [0.15, 0.2) is 17.5 Å². The van der Waals surface area contributed by atoms with E-state index < -0.39 is 17.5 Å². The van der Waals surface area contributed by atoms with E-state index in [0.29, 0.717) is 11.8 Å². The minimum Gasteiger partial charge on any atom is -0.204 e. The third-order valence-electron chi connectivity index (χ3n) is 2.15. The summed E-state index contributed by atoms with van der Waals surface area (Å²) in [5.41, 5.74) is 0.0174. The molecule has 0 nitrogen and oxygen atoms in total. The van der Waals surface area contributed by atoms with E-state index in [1.807, 2.05) is 13.8 Å². The molecule has 0 aliphatic rings.